The topological polar surface area (TPSA) is 62.0 Å². The number of aromatic nitrogens is 1. The van der Waals surface area contributed by atoms with Gasteiger partial charge in [0.05, 0.1) is 0 Å². The number of benzene rings is 3. The summed E-state index contributed by atoms with van der Waals surface area (Å²) in [5.74, 6) is -1.34. The lowest BCUT2D eigenvalue weighted by Gasteiger charge is -2.21. The smallest absolute Gasteiger partial charge is 0.323 e. The van der Waals surface area contributed by atoms with Crippen LogP contribution in [0.3, 0.4) is 0 Å². The molecule has 3 aromatic carbocycles. The molecule has 0 aliphatic heterocycles. The summed E-state index contributed by atoms with van der Waals surface area (Å²) in [7, 11) is 0. The molecule has 0 aliphatic carbocycles. The van der Waals surface area contributed by atoms with Crippen molar-refractivity contribution in [1.82, 2.24) is 9.30 Å². The van der Waals surface area contributed by atoms with Crippen molar-refractivity contribution in [2.45, 2.75) is 32.7 Å². The molecule has 2 heterocycles. The van der Waals surface area contributed by atoms with Crippen molar-refractivity contribution in [3.8, 4) is 22.3 Å². The maximum Gasteiger partial charge on any atom is 0.323 e. The van der Waals surface area contributed by atoms with Gasteiger partial charge in [0.2, 0.25) is 0 Å². The van der Waals surface area contributed by atoms with Gasteiger partial charge in [0, 0.05) is 35.6 Å². The minimum absolute atomic E-state index is 0.241. The zero-order chi connectivity index (χ0) is 27.2. The molecule has 196 valence electrons. The predicted molar refractivity (Wildman–Crippen MR) is 156 cm³/mol. The number of carbonyl (C=O) groups is 2. The first-order chi connectivity index (χ1) is 19.0. The lowest BCUT2D eigenvalue weighted by molar-refractivity contribution is -0.137. The molecule has 0 bridgehead atoms. The van der Waals surface area contributed by atoms with Gasteiger partial charge in [0.15, 0.2) is 0 Å². The second-order valence-corrected chi connectivity index (χ2v) is 9.81. The van der Waals surface area contributed by atoms with E-state index in [0.717, 1.165) is 36.0 Å². The molecule has 5 rings (SSSR count). The summed E-state index contributed by atoms with van der Waals surface area (Å²) >= 11 is 0. The first-order valence-electron chi connectivity index (χ1n) is 13.4. The quantitative estimate of drug-likeness (QED) is 0.211. The Morgan fingerprint density at radius 3 is 2.10 bits per heavy atom. The Bertz CT molecular complexity index is 1570. The summed E-state index contributed by atoms with van der Waals surface area (Å²) < 4.78 is 2.20. The molecule has 0 radical (unpaired) electrons. The molecule has 0 unspecified atom stereocenters. The van der Waals surface area contributed by atoms with Crippen LogP contribution < -0.4 is 0 Å². The van der Waals surface area contributed by atoms with Gasteiger partial charge in [-0.25, -0.2) is 0 Å². The molecule has 1 N–H and O–H groups in total. The van der Waals surface area contributed by atoms with Gasteiger partial charge in [-0.05, 0) is 64.9 Å². The van der Waals surface area contributed by atoms with E-state index >= 15 is 0 Å². The van der Waals surface area contributed by atoms with Gasteiger partial charge in [-0.1, -0.05) is 86.1 Å². The second kappa shape index (κ2) is 11.8. The second-order valence-electron chi connectivity index (χ2n) is 9.81. The van der Waals surface area contributed by atoms with E-state index in [-0.39, 0.29) is 19.0 Å². The number of nitrogens with zero attached hydrogens (tertiary/aromatic N) is 2. The van der Waals surface area contributed by atoms with Crippen LogP contribution in [-0.2, 0) is 17.8 Å². The normalized spacial score (nSPS) is 11.0. The maximum absolute atomic E-state index is 13.2. The number of unbranched alkanes of at least 4 members (excludes halogenated alkanes) is 1. The SMILES string of the molecule is CCCCc1c(-c2ccc(-c3ccc(C(=O)N(CC(=O)O)Cc4ccccc4)cc3)cc2)cn2ccccc12. The minimum atomic E-state index is -1.04. The Morgan fingerprint density at radius 1 is 0.795 bits per heavy atom. The summed E-state index contributed by atoms with van der Waals surface area (Å²) in [6, 6.07) is 31.7. The fourth-order valence-corrected chi connectivity index (χ4v) is 5.04. The van der Waals surface area contributed by atoms with Crippen molar-refractivity contribution in [1.29, 1.82) is 0 Å². The zero-order valence-corrected chi connectivity index (χ0v) is 22.1. The summed E-state index contributed by atoms with van der Waals surface area (Å²) in [4.78, 5) is 26.0. The molecular weight excluding hydrogens is 484 g/mol. The Hall–Kier alpha value is -4.64. The van der Waals surface area contributed by atoms with E-state index in [1.165, 1.54) is 27.1 Å². The highest BCUT2D eigenvalue weighted by Gasteiger charge is 2.19. The Morgan fingerprint density at radius 2 is 1.44 bits per heavy atom. The van der Waals surface area contributed by atoms with Crippen LogP contribution in [0, 0.1) is 0 Å². The fraction of sp³-hybridized carbons (Fsp3) is 0.176. The molecule has 0 saturated carbocycles. The van der Waals surface area contributed by atoms with Gasteiger partial charge >= 0.3 is 5.97 Å². The Balaban J connectivity index is 1.36. The molecule has 5 heteroatoms. The molecule has 1 amide bonds. The highest BCUT2D eigenvalue weighted by molar-refractivity contribution is 5.96. The molecule has 0 spiro atoms. The lowest BCUT2D eigenvalue weighted by atomic mass is 9.96. The minimum Gasteiger partial charge on any atom is -0.480 e. The highest BCUT2D eigenvalue weighted by Crippen LogP contribution is 2.32. The van der Waals surface area contributed by atoms with E-state index in [0.29, 0.717) is 5.56 Å². The lowest BCUT2D eigenvalue weighted by Crippen LogP contribution is -2.35. The van der Waals surface area contributed by atoms with E-state index in [1.807, 2.05) is 42.5 Å². The number of aliphatic carboxylic acids is 1. The molecule has 39 heavy (non-hydrogen) atoms. The molecule has 0 saturated heterocycles. The maximum atomic E-state index is 13.2. The third-order valence-electron chi connectivity index (χ3n) is 7.06. The summed E-state index contributed by atoms with van der Waals surface area (Å²) in [6.45, 7) is 2.11. The standard InChI is InChI=1S/C34H32N2O3/c1-2-3-11-30-31(23-35-21-8-7-12-32(30)35)28-17-13-26(14-18-28)27-15-19-29(20-16-27)34(39)36(24-33(37)38)22-25-9-5-4-6-10-25/h4-10,12-21,23H,2-3,11,22,24H2,1H3,(H,37,38). The number of carboxylic acids is 1. The van der Waals surface area contributed by atoms with Crippen LogP contribution in [0.2, 0.25) is 0 Å². The fourth-order valence-electron chi connectivity index (χ4n) is 5.04. The average molecular weight is 517 g/mol. The van der Waals surface area contributed by atoms with Gasteiger partial charge in [-0.15, -0.1) is 0 Å². The molecule has 0 aliphatic rings. The third-order valence-corrected chi connectivity index (χ3v) is 7.06. The van der Waals surface area contributed by atoms with Crippen molar-refractivity contribution in [2.24, 2.45) is 0 Å². The van der Waals surface area contributed by atoms with Gasteiger partial charge < -0.3 is 14.4 Å². The van der Waals surface area contributed by atoms with E-state index in [9.17, 15) is 14.7 Å². The van der Waals surface area contributed by atoms with Crippen LogP contribution >= 0.6 is 0 Å². The number of hydrogen-bond donors (Lipinski definition) is 1. The van der Waals surface area contributed by atoms with Gasteiger partial charge in [0.25, 0.3) is 5.91 Å². The van der Waals surface area contributed by atoms with Crippen molar-refractivity contribution < 1.29 is 14.7 Å². The molecule has 5 aromatic rings. The number of amides is 1. The van der Waals surface area contributed by atoms with Crippen LogP contribution in [0.25, 0.3) is 27.8 Å². The third kappa shape index (κ3) is 5.93. The monoisotopic (exact) mass is 516 g/mol. The largest absolute Gasteiger partial charge is 0.480 e. The van der Waals surface area contributed by atoms with Crippen molar-refractivity contribution in [3.05, 3.63) is 126 Å². The highest BCUT2D eigenvalue weighted by atomic mass is 16.4. The zero-order valence-electron chi connectivity index (χ0n) is 22.1. The van der Waals surface area contributed by atoms with Gasteiger partial charge in [-0.3, -0.25) is 9.59 Å². The number of rotatable bonds is 10. The number of hydrogen-bond acceptors (Lipinski definition) is 2. The van der Waals surface area contributed by atoms with Crippen molar-refractivity contribution in [3.63, 3.8) is 0 Å². The van der Waals surface area contributed by atoms with Crippen molar-refractivity contribution >= 4 is 17.4 Å². The number of fused-ring (bicyclic) bond motifs is 1. The first-order valence-corrected chi connectivity index (χ1v) is 13.4. The van der Waals surface area contributed by atoms with Crippen LogP contribution in [0.5, 0.6) is 0 Å². The average Bonchev–Trinajstić information content (AvgIpc) is 3.34. The van der Waals surface area contributed by atoms with E-state index < -0.39 is 5.97 Å². The number of carbonyl (C=O) groups excluding carboxylic acids is 1. The summed E-state index contributed by atoms with van der Waals surface area (Å²) in [5.41, 5.74) is 8.50. The van der Waals surface area contributed by atoms with Crippen LogP contribution in [0.15, 0.2) is 109 Å². The number of carboxylic acid groups (broad SMARTS) is 1. The number of aryl methyl sites for hydroxylation is 1. The molecule has 0 atom stereocenters. The summed E-state index contributed by atoms with van der Waals surface area (Å²) in [6.07, 6.45) is 7.67. The van der Waals surface area contributed by atoms with Gasteiger partial charge in [0.1, 0.15) is 6.54 Å². The van der Waals surface area contributed by atoms with E-state index in [2.05, 4.69) is 66.2 Å². The van der Waals surface area contributed by atoms with Crippen LogP contribution in [0.1, 0.15) is 41.3 Å². The molecular formula is C34H32N2O3. The van der Waals surface area contributed by atoms with Crippen molar-refractivity contribution in [2.75, 3.05) is 6.54 Å². The van der Waals surface area contributed by atoms with Gasteiger partial charge in [-0.2, -0.15) is 0 Å². The van der Waals surface area contributed by atoms with E-state index in [4.69, 9.17) is 0 Å². The predicted octanol–water partition coefficient (Wildman–Crippen LogP) is 7.34. The molecule has 2 aromatic heterocycles. The van der Waals surface area contributed by atoms with E-state index in [1.54, 1.807) is 12.1 Å². The summed E-state index contributed by atoms with van der Waals surface area (Å²) in [5, 5.41) is 9.36. The van der Waals surface area contributed by atoms with Crippen LogP contribution in [0.4, 0.5) is 0 Å². The first kappa shape index (κ1) is 26.0. The molecule has 0 fully saturated rings. The molecule has 5 nitrogen and oxygen atoms in total. The van der Waals surface area contributed by atoms with Crippen LogP contribution in [-0.4, -0.2) is 32.8 Å². The Labute approximate surface area is 229 Å². The Kier molecular flexibility index (Phi) is 7.88. The number of pyridine rings is 1.